The van der Waals surface area contributed by atoms with Gasteiger partial charge in [-0.15, -0.1) is 10.2 Å². The lowest BCUT2D eigenvalue weighted by Crippen LogP contribution is -2.46. The summed E-state index contributed by atoms with van der Waals surface area (Å²) >= 11 is 1.45. The average Bonchev–Trinajstić information content (AvgIpc) is 2.76. The van der Waals surface area contributed by atoms with Gasteiger partial charge in [0, 0.05) is 38.4 Å². The van der Waals surface area contributed by atoms with E-state index in [1.165, 1.54) is 22.8 Å². The summed E-state index contributed by atoms with van der Waals surface area (Å²) in [6, 6.07) is 0. The number of piperazine rings is 1. The topological polar surface area (TPSA) is 89.1 Å². The van der Waals surface area contributed by atoms with E-state index in [2.05, 4.69) is 15.5 Å². The maximum atomic E-state index is 11.8. The van der Waals surface area contributed by atoms with Crippen LogP contribution in [-0.4, -0.2) is 57.6 Å². The maximum absolute atomic E-state index is 11.8. The normalized spacial score (nSPS) is 16.1. The lowest BCUT2D eigenvalue weighted by Gasteiger charge is -2.27. The van der Waals surface area contributed by atoms with Crippen LogP contribution in [0.25, 0.3) is 0 Å². The van der Waals surface area contributed by atoms with Crippen molar-refractivity contribution in [1.29, 1.82) is 0 Å². The highest BCUT2D eigenvalue weighted by Crippen LogP contribution is 2.14. The quantitative estimate of drug-likeness (QED) is 0.525. The molecule has 0 aromatic carbocycles. The summed E-state index contributed by atoms with van der Waals surface area (Å²) in [7, 11) is 0. The Labute approximate surface area is 104 Å². The molecule has 1 saturated heterocycles. The van der Waals surface area contributed by atoms with Crippen LogP contribution in [-0.2, 0) is 4.79 Å². The highest BCUT2D eigenvalue weighted by molar-refractivity contribution is 7.99. The molecule has 0 saturated carbocycles. The Morgan fingerprint density at radius 1 is 1.53 bits per heavy atom. The van der Waals surface area contributed by atoms with Gasteiger partial charge in [-0.3, -0.25) is 4.79 Å². The molecular formula is C9H16N6OS. The second kappa shape index (κ2) is 5.87. The first-order chi connectivity index (χ1) is 8.27. The lowest BCUT2D eigenvalue weighted by atomic mass is 10.3. The van der Waals surface area contributed by atoms with E-state index >= 15 is 0 Å². The van der Waals surface area contributed by atoms with Gasteiger partial charge in [0.1, 0.15) is 6.33 Å². The first-order valence-electron chi connectivity index (χ1n) is 5.54. The Hall–Kier alpha value is -1.28. The second-order valence-electron chi connectivity index (χ2n) is 3.75. The van der Waals surface area contributed by atoms with E-state index in [0.29, 0.717) is 17.3 Å². The molecule has 1 aliphatic heterocycles. The van der Waals surface area contributed by atoms with Gasteiger partial charge in [0.15, 0.2) is 0 Å². The van der Waals surface area contributed by atoms with E-state index in [1.54, 1.807) is 0 Å². The zero-order chi connectivity index (χ0) is 12.1. The van der Waals surface area contributed by atoms with E-state index in [9.17, 15) is 4.79 Å². The summed E-state index contributed by atoms with van der Waals surface area (Å²) in [4.78, 5) is 13.7. The molecule has 1 aromatic heterocycles. The van der Waals surface area contributed by atoms with Gasteiger partial charge >= 0.3 is 0 Å². The van der Waals surface area contributed by atoms with Gasteiger partial charge < -0.3 is 16.1 Å². The van der Waals surface area contributed by atoms with Crippen LogP contribution < -0.4 is 11.2 Å². The molecule has 0 aliphatic carbocycles. The predicted octanol–water partition coefficient (Wildman–Crippen LogP) is -1.09. The highest BCUT2D eigenvalue weighted by atomic mass is 32.2. The fourth-order valence-corrected chi connectivity index (χ4v) is 2.40. The van der Waals surface area contributed by atoms with Crippen molar-refractivity contribution in [2.75, 3.05) is 37.8 Å². The molecule has 8 heteroatoms. The lowest BCUT2D eigenvalue weighted by molar-refractivity contribution is -0.131. The molecule has 0 spiro atoms. The molecule has 1 aliphatic rings. The van der Waals surface area contributed by atoms with Gasteiger partial charge in [0.05, 0.1) is 0 Å². The number of nitrogens with two attached hydrogens (primary N) is 1. The Kier molecular flexibility index (Phi) is 4.21. The van der Waals surface area contributed by atoms with E-state index in [1.807, 2.05) is 4.90 Å². The minimum atomic E-state index is 0.196. The number of carbonyl (C=O) groups excluding carboxylic acids is 1. The number of thioether (sulfide) groups is 1. The minimum absolute atomic E-state index is 0.196. The molecule has 0 radical (unpaired) electrons. The number of hydrogen-bond donors (Lipinski definition) is 2. The molecule has 17 heavy (non-hydrogen) atoms. The Morgan fingerprint density at radius 2 is 2.29 bits per heavy atom. The second-order valence-corrected chi connectivity index (χ2v) is 4.81. The first kappa shape index (κ1) is 12.2. The third-order valence-electron chi connectivity index (χ3n) is 2.56. The SMILES string of the molecule is Nn1cnnc1SCCC(=O)N1CCNCC1. The van der Waals surface area contributed by atoms with Crippen LogP contribution in [0.1, 0.15) is 6.42 Å². The third-order valence-corrected chi connectivity index (χ3v) is 3.52. The summed E-state index contributed by atoms with van der Waals surface area (Å²) in [5.74, 6) is 6.44. The number of nitrogen functional groups attached to an aromatic ring is 1. The third kappa shape index (κ3) is 3.34. The fraction of sp³-hybridized carbons (Fsp3) is 0.667. The van der Waals surface area contributed by atoms with Crippen LogP contribution in [0.5, 0.6) is 0 Å². The Balaban J connectivity index is 1.71. The van der Waals surface area contributed by atoms with Crippen molar-refractivity contribution in [1.82, 2.24) is 25.1 Å². The van der Waals surface area contributed by atoms with Crippen LogP contribution in [0.2, 0.25) is 0 Å². The molecular weight excluding hydrogens is 240 g/mol. The van der Waals surface area contributed by atoms with Crippen molar-refractivity contribution < 1.29 is 4.79 Å². The molecule has 0 bridgehead atoms. The molecule has 1 amide bonds. The molecule has 2 rings (SSSR count). The summed E-state index contributed by atoms with van der Waals surface area (Å²) < 4.78 is 1.36. The number of amides is 1. The smallest absolute Gasteiger partial charge is 0.223 e. The van der Waals surface area contributed by atoms with Gasteiger partial charge in [-0.25, -0.2) is 4.68 Å². The van der Waals surface area contributed by atoms with Gasteiger partial charge in [-0.1, -0.05) is 11.8 Å². The summed E-state index contributed by atoms with van der Waals surface area (Å²) in [5.41, 5.74) is 0. The number of hydrogen-bond acceptors (Lipinski definition) is 6. The molecule has 7 nitrogen and oxygen atoms in total. The van der Waals surface area contributed by atoms with Gasteiger partial charge in [0.25, 0.3) is 0 Å². The summed E-state index contributed by atoms with van der Waals surface area (Å²) in [5, 5.41) is 11.4. The van der Waals surface area contributed by atoms with Crippen molar-refractivity contribution in [2.24, 2.45) is 0 Å². The van der Waals surface area contributed by atoms with Crippen LogP contribution in [0.15, 0.2) is 11.5 Å². The van der Waals surface area contributed by atoms with E-state index in [0.717, 1.165) is 26.2 Å². The van der Waals surface area contributed by atoms with Crippen LogP contribution in [0.4, 0.5) is 0 Å². The van der Waals surface area contributed by atoms with Crippen molar-refractivity contribution in [3.8, 4) is 0 Å². The zero-order valence-electron chi connectivity index (χ0n) is 9.50. The number of rotatable bonds is 4. The van der Waals surface area contributed by atoms with E-state index < -0.39 is 0 Å². The van der Waals surface area contributed by atoms with Crippen molar-refractivity contribution in [3.63, 3.8) is 0 Å². The van der Waals surface area contributed by atoms with Gasteiger partial charge in [0.2, 0.25) is 11.1 Å². The van der Waals surface area contributed by atoms with Crippen molar-refractivity contribution in [2.45, 2.75) is 11.6 Å². The van der Waals surface area contributed by atoms with Gasteiger partial charge in [-0.05, 0) is 0 Å². The largest absolute Gasteiger partial charge is 0.340 e. The minimum Gasteiger partial charge on any atom is -0.340 e. The maximum Gasteiger partial charge on any atom is 0.223 e. The van der Waals surface area contributed by atoms with Gasteiger partial charge in [-0.2, -0.15) is 0 Å². The molecule has 1 aromatic rings. The monoisotopic (exact) mass is 256 g/mol. The number of carbonyl (C=O) groups is 1. The Morgan fingerprint density at radius 3 is 2.94 bits per heavy atom. The number of aromatic nitrogens is 3. The molecule has 0 unspecified atom stereocenters. The van der Waals surface area contributed by atoms with Crippen LogP contribution >= 0.6 is 11.8 Å². The fourth-order valence-electron chi connectivity index (χ4n) is 1.64. The first-order valence-corrected chi connectivity index (χ1v) is 6.52. The van der Waals surface area contributed by atoms with Crippen LogP contribution in [0, 0.1) is 0 Å². The average molecular weight is 256 g/mol. The van der Waals surface area contributed by atoms with E-state index in [-0.39, 0.29) is 5.91 Å². The molecule has 2 heterocycles. The summed E-state index contributed by atoms with van der Waals surface area (Å²) in [6.45, 7) is 3.37. The number of nitrogens with one attached hydrogen (secondary N) is 1. The molecule has 1 fully saturated rings. The molecule has 0 atom stereocenters. The van der Waals surface area contributed by atoms with E-state index in [4.69, 9.17) is 5.84 Å². The molecule has 94 valence electrons. The summed E-state index contributed by atoms with van der Waals surface area (Å²) in [6.07, 6.45) is 1.96. The highest BCUT2D eigenvalue weighted by Gasteiger charge is 2.15. The Bertz CT molecular complexity index is 375. The van der Waals surface area contributed by atoms with Crippen molar-refractivity contribution >= 4 is 17.7 Å². The molecule has 3 N–H and O–H groups in total. The van der Waals surface area contributed by atoms with Crippen molar-refractivity contribution in [3.05, 3.63) is 6.33 Å². The standard InChI is InChI=1S/C9H16N6OS/c10-15-7-12-13-9(15)17-6-1-8(16)14-4-2-11-3-5-14/h7,11H,1-6,10H2. The predicted molar refractivity (Wildman–Crippen MR) is 65.0 cm³/mol. The number of nitrogens with zero attached hydrogens (tertiary/aromatic N) is 4. The zero-order valence-corrected chi connectivity index (χ0v) is 10.3. The van der Waals surface area contributed by atoms with Crippen LogP contribution in [0.3, 0.4) is 0 Å².